The molecule has 0 bridgehead atoms. The zero-order valence-corrected chi connectivity index (χ0v) is 24.4. The Morgan fingerprint density at radius 2 is 1.23 bits per heavy atom. The maximum Gasteiger partial charge on any atom is 0.266 e. The van der Waals surface area contributed by atoms with E-state index in [0.29, 0.717) is 56.9 Å². The van der Waals surface area contributed by atoms with E-state index in [1.54, 1.807) is 26.0 Å². The molecule has 2 atom stereocenters. The third kappa shape index (κ3) is 14.7. The Hall–Kier alpha value is -1.40. The highest BCUT2D eigenvalue weighted by molar-refractivity contribution is 7.86. The average molecular weight is 597 g/mol. The zero-order chi connectivity index (χ0) is 29.2. The van der Waals surface area contributed by atoms with Crippen LogP contribution in [0.25, 0.3) is 0 Å². The van der Waals surface area contributed by atoms with Gasteiger partial charge in [-0.1, -0.05) is 6.07 Å². The Morgan fingerprint density at radius 3 is 1.64 bits per heavy atom. The molecule has 0 spiro atoms. The van der Waals surface area contributed by atoms with Crippen molar-refractivity contribution in [1.29, 1.82) is 0 Å². The van der Waals surface area contributed by atoms with E-state index in [4.69, 9.17) is 9.11 Å². The van der Waals surface area contributed by atoms with Gasteiger partial charge in [0, 0.05) is 84.1 Å². The minimum absolute atomic E-state index is 0.0858. The Kier molecular flexibility index (Phi) is 13.5. The van der Waals surface area contributed by atoms with Gasteiger partial charge in [0.15, 0.2) is 0 Å². The summed E-state index contributed by atoms with van der Waals surface area (Å²) >= 11 is 0. The summed E-state index contributed by atoms with van der Waals surface area (Å²) in [6, 6.07) is 4.96. The van der Waals surface area contributed by atoms with Crippen molar-refractivity contribution in [3.63, 3.8) is 0 Å². The van der Waals surface area contributed by atoms with E-state index in [-0.39, 0.29) is 25.4 Å². The predicted molar refractivity (Wildman–Crippen MR) is 148 cm³/mol. The SMILES string of the molecule is C[C@H](O)CN1CCN(Cc2cc(CN(CCS(=O)(=O)O)CCS(=O)(=O)O)ccc2O)CCN(C[C@H](C)O)CC1. The molecule has 2 rings (SSSR count). The fourth-order valence-electron chi connectivity index (χ4n) is 4.58. The summed E-state index contributed by atoms with van der Waals surface area (Å²) in [6.45, 7) is 9.15. The molecule has 226 valence electrons. The fourth-order valence-corrected chi connectivity index (χ4v) is 5.55. The predicted octanol–water partition coefficient (Wildman–Crippen LogP) is -0.849. The number of phenolic OH excluding ortho intramolecular Hbond substituents is 1. The van der Waals surface area contributed by atoms with Crippen LogP contribution in [0.15, 0.2) is 18.2 Å². The first-order valence-electron chi connectivity index (χ1n) is 13.1. The van der Waals surface area contributed by atoms with Crippen molar-refractivity contribution in [2.75, 3.05) is 77.0 Å². The van der Waals surface area contributed by atoms with Crippen LogP contribution in [0.2, 0.25) is 0 Å². The summed E-state index contributed by atoms with van der Waals surface area (Å²) < 4.78 is 63.2. The Bertz CT molecular complexity index is 1040. The van der Waals surface area contributed by atoms with E-state index in [2.05, 4.69) is 14.7 Å². The van der Waals surface area contributed by atoms with E-state index in [1.807, 2.05) is 0 Å². The molecule has 1 aromatic rings. The van der Waals surface area contributed by atoms with Crippen molar-refractivity contribution in [1.82, 2.24) is 19.6 Å². The van der Waals surface area contributed by atoms with Crippen molar-refractivity contribution in [2.24, 2.45) is 0 Å². The first kappa shape index (κ1) is 33.8. The number of aromatic hydroxyl groups is 1. The van der Waals surface area contributed by atoms with Crippen molar-refractivity contribution < 1.29 is 41.3 Å². The van der Waals surface area contributed by atoms with Crippen LogP contribution >= 0.6 is 0 Å². The van der Waals surface area contributed by atoms with Crippen LogP contribution in [0.4, 0.5) is 0 Å². The highest BCUT2D eigenvalue weighted by Gasteiger charge is 2.20. The fraction of sp³-hybridized carbons (Fsp3) is 0.750. The van der Waals surface area contributed by atoms with Crippen molar-refractivity contribution in [3.8, 4) is 5.75 Å². The lowest BCUT2D eigenvalue weighted by atomic mass is 10.1. The number of aliphatic hydroxyl groups excluding tert-OH is 2. The molecule has 0 aliphatic carbocycles. The highest BCUT2D eigenvalue weighted by Crippen LogP contribution is 2.22. The normalized spacial score (nSPS) is 18.9. The number of nitrogens with zero attached hydrogens (tertiary/aromatic N) is 4. The lowest BCUT2D eigenvalue weighted by Gasteiger charge is -2.27. The van der Waals surface area contributed by atoms with Crippen LogP contribution in [-0.4, -0.2) is 150 Å². The minimum atomic E-state index is -4.27. The molecule has 1 saturated heterocycles. The molecule has 13 nitrogen and oxygen atoms in total. The van der Waals surface area contributed by atoms with Gasteiger partial charge in [-0.25, -0.2) is 0 Å². The summed E-state index contributed by atoms with van der Waals surface area (Å²) in [5, 5.41) is 30.4. The second-order valence-corrected chi connectivity index (χ2v) is 13.5. The van der Waals surface area contributed by atoms with Gasteiger partial charge < -0.3 is 15.3 Å². The van der Waals surface area contributed by atoms with Gasteiger partial charge in [0.25, 0.3) is 20.2 Å². The van der Waals surface area contributed by atoms with Crippen LogP contribution < -0.4 is 0 Å². The van der Waals surface area contributed by atoms with E-state index < -0.39 is 43.9 Å². The molecule has 0 amide bonds. The van der Waals surface area contributed by atoms with Gasteiger partial charge in [0.2, 0.25) is 0 Å². The zero-order valence-electron chi connectivity index (χ0n) is 22.8. The van der Waals surface area contributed by atoms with E-state index >= 15 is 0 Å². The van der Waals surface area contributed by atoms with Crippen molar-refractivity contribution in [2.45, 2.75) is 39.1 Å². The molecule has 1 aliphatic rings. The van der Waals surface area contributed by atoms with Crippen LogP contribution in [0.3, 0.4) is 0 Å². The molecule has 39 heavy (non-hydrogen) atoms. The smallest absolute Gasteiger partial charge is 0.266 e. The molecule has 1 heterocycles. The maximum absolute atomic E-state index is 11.2. The van der Waals surface area contributed by atoms with Gasteiger partial charge in [-0.15, -0.1) is 0 Å². The molecule has 15 heteroatoms. The molecule has 5 N–H and O–H groups in total. The molecule has 1 fully saturated rings. The van der Waals surface area contributed by atoms with Gasteiger partial charge in [0.05, 0.1) is 23.7 Å². The molecule has 0 radical (unpaired) electrons. The molecular weight excluding hydrogens is 552 g/mol. The Morgan fingerprint density at radius 1 is 0.795 bits per heavy atom. The molecule has 0 aromatic heterocycles. The van der Waals surface area contributed by atoms with Crippen LogP contribution in [0.1, 0.15) is 25.0 Å². The number of benzene rings is 1. The number of hydrogen-bond donors (Lipinski definition) is 5. The van der Waals surface area contributed by atoms with E-state index in [1.165, 1.54) is 11.0 Å². The monoisotopic (exact) mass is 596 g/mol. The lowest BCUT2D eigenvalue weighted by molar-refractivity contribution is 0.102. The van der Waals surface area contributed by atoms with Gasteiger partial charge in [-0.3, -0.25) is 28.7 Å². The Labute approximate surface area is 232 Å². The second kappa shape index (κ2) is 15.6. The van der Waals surface area contributed by atoms with Gasteiger partial charge in [-0.2, -0.15) is 16.8 Å². The summed E-state index contributed by atoms with van der Waals surface area (Å²) in [6.07, 6.45) is -0.954. The largest absolute Gasteiger partial charge is 0.508 e. The molecule has 1 aromatic carbocycles. The molecule has 0 unspecified atom stereocenters. The third-order valence-electron chi connectivity index (χ3n) is 6.52. The summed E-state index contributed by atoms with van der Waals surface area (Å²) in [7, 11) is -8.55. The number of hydrogen-bond acceptors (Lipinski definition) is 11. The first-order chi connectivity index (χ1) is 18.1. The van der Waals surface area contributed by atoms with E-state index in [9.17, 15) is 32.2 Å². The van der Waals surface area contributed by atoms with Gasteiger partial charge in [-0.05, 0) is 31.5 Å². The topological polar surface area (TPSA) is 182 Å². The standard InChI is InChI=1S/C24H44N4O9S2/c1-20(29)16-25-5-6-26(17-21(2)30)8-10-27(9-7-25)19-23-15-22(3-4-24(23)31)18-28(11-13-38(32,33)34)12-14-39(35,36)37/h3-4,15,20-21,29-31H,5-14,16-19H2,1-2H3,(H,32,33,34)(H,35,36,37)/t20-,21-/m0/s1. The molecule has 0 saturated carbocycles. The number of phenols is 1. The van der Waals surface area contributed by atoms with Crippen LogP contribution in [-0.2, 0) is 33.3 Å². The van der Waals surface area contributed by atoms with Crippen molar-refractivity contribution in [3.05, 3.63) is 29.3 Å². The number of rotatable bonds is 14. The third-order valence-corrected chi connectivity index (χ3v) is 7.91. The lowest BCUT2D eigenvalue weighted by Crippen LogP contribution is -2.41. The van der Waals surface area contributed by atoms with Crippen LogP contribution in [0, 0.1) is 0 Å². The molecule has 1 aliphatic heterocycles. The summed E-state index contributed by atoms with van der Waals surface area (Å²) in [5.74, 6) is -1.10. The van der Waals surface area contributed by atoms with E-state index in [0.717, 1.165) is 13.1 Å². The average Bonchev–Trinajstić information content (AvgIpc) is 2.88. The quantitative estimate of drug-likeness (QED) is 0.168. The Balaban J connectivity index is 2.18. The van der Waals surface area contributed by atoms with Gasteiger partial charge >= 0.3 is 0 Å². The maximum atomic E-state index is 11.2. The first-order valence-corrected chi connectivity index (χ1v) is 16.3. The summed E-state index contributed by atoms with van der Waals surface area (Å²) in [5.41, 5.74) is 1.34. The van der Waals surface area contributed by atoms with Crippen molar-refractivity contribution >= 4 is 20.2 Å². The highest BCUT2D eigenvalue weighted by atomic mass is 32.2. The van der Waals surface area contributed by atoms with Gasteiger partial charge in [0.1, 0.15) is 5.75 Å². The van der Waals surface area contributed by atoms with Crippen LogP contribution in [0.5, 0.6) is 5.75 Å². The second-order valence-electron chi connectivity index (χ2n) is 10.4. The number of β-amino-alcohol motifs (C(OH)–C–C–N with tert-alkyl or cyclic N) is 2. The summed E-state index contributed by atoms with van der Waals surface area (Å²) in [4.78, 5) is 8.04. The minimum Gasteiger partial charge on any atom is -0.508 e. The molecular formula is C24H44N4O9S2. The number of aliphatic hydroxyl groups is 2.